The van der Waals surface area contributed by atoms with E-state index in [-0.39, 0.29) is 0 Å². The third-order valence-corrected chi connectivity index (χ3v) is 3.55. The Morgan fingerprint density at radius 2 is 1.70 bits per heavy atom. The van der Waals surface area contributed by atoms with E-state index in [0.717, 1.165) is 22.3 Å². The number of fused-ring (bicyclic) bond motifs is 1. The van der Waals surface area contributed by atoms with E-state index in [9.17, 15) is 5.26 Å². The zero-order chi connectivity index (χ0) is 16.2. The second-order valence-electron chi connectivity index (χ2n) is 4.90. The molecule has 0 amide bonds. The largest absolute Gasteiger partial charge is 0.497 e. The van der Waals surface area contributed by atoms with Crippen LogP contribution < -0.4 is 14.8 Å². The highest BCUT2D eigenvalue weighted by Gasteiger charge is 2.10. The van der Waals surface area contributed by atoms with Gasteiger partial charge in [0.15, 0.2) is 0 Å². The molecule has 0 aliphatic rings. The molecule has 0 aliphatic heterocycles. The Labute approximate surface area is 134 Å². The number of methoxy groups -OCH3 is 2. The van der Waals surface area contributed by atoms with Crippen LogP contribution in [0.3, 0.4) is 0 Å². The highest BCUT2D eigenvalue weighted by Crippen LogP contribution is 2.31. The van der Waals surface area contributed by atoms with E-state index in [1.165, 1.54) is 0 Å². The number of ether oxygens (including phenoxy) is 2. The average molecular weight is 305 g/mol. The molecular formula is C18H15N3O2. The van der Waals surface area contributed by atoms with Crippen molar-refractivity contribution in [3.8, 4) is 17.6 Å². The maximum Gasteiger partial charge on any atom is 0.119 e. The Kier molecular flexibility index (Phi) is 3.98. The number of anilines is 2. The Balaban J connectivity index is 2.11. The van der Waals surface area contributed by atoms with Gasteiger partial charge in [-0.3, -0.25) is 4.98 Å². The van der Waals surface area contributed by atoms with E-state index < -0.39 is 0 Å². The van der Waals surface area contributed by atoms with Crippen LogP contribution in [-0.4, -0.2) is 19.2 Å². The average Bonchev–Trinajstić information content (AvgIpc) is 2.62. The molecule has 0 aliphatic carbocycles. The van der Waals surface area contributed by atoms with E-state index in [0.29, 0.717) is 17.0 Å². The lowest BCUT2D eigenvalue weighted by Crippen LogP contribution is -1.97. The summed E-state index contributed by atoms with van der Waals surface area (Å²) in [6.45, 7) is 0. The minimum Gasteiger partial charge on any atom is -0.497 e. The van der Waals surface area contributed by atoms with Crippen molar-refractivity contribution in [1.29, 1.82) is 5.26 Å². The maximum absolute atomic E-state index is 9.38. The zero-order valence-corrected chi connectivity index (χ0v) is 12.8. The van der Waals surface area contributed by atoms with Crippen molar-refractivity contribution in [2.45, 2.75) is 0 Å². The first kappa shape index (κ1) is 14.7. The van der Waals surface area contributed by atoms with Crippen LogP contribution in [0.2, 0.25) is 0 Å². The van der Waals surface area contributed by atoms with Crippen LogP contribution in [0.1, 0.15) is 5.56 Å². The topological polar surface area (TPSA) is 67.2 Å². The second-order valence-corrected chi connectivity index (χ2v) is 4.90. The molecule has 0 saturated carbocycles. The molecule has 1 heterocycles. The van der Waals surface area contributed by atoms with Crippen molar-refractivity contribution >= 4 is 22.3 Å². The highest BCUT2D eigenvalue weighted by atomic mass is 16.5. The number of hydrogen-bond donors (Lipinski definition) is 1. The number of pyridine rings is 1. The first-order chi connectivity index (χ1) is 11.2. The van der Waals surface area contributed by atoms with E-state index >= 15 is 0 Å². The minimum atomic E-state index is 0.474. The first-order valence-corrected chi connectivity index (χ1v) is 7.03. The van der Waals surface area contributed by atoms with Gasteiger partial charge in [0.1, 0.15) is 17.6 Å². The van der Waals surface area contributed by atoms with Gasteiger partial charge >= 0.3 is 0 Å². The van der Waals surface area contributed by atoms with Gasteiger partial charge in [-0.15, -0.1) is 0 Å². The van der Waals surface area contributed by atoms with Gasteiger partial charge in [0, 0.05) is 17.3 Å². The Bertz CT molecular complexity index is 883. The molecule has 5 heteroatoms. The molecule has 23 heavy (non-hydrogen) atoms. The molecule has 0 fully saturated rings. The van der Waals surface area contributed by atoms with Crippen molar-refractivity contribution in [1.82, 2.24) is 4.98 Å². The van der Waals surface area contributed by atoms with Crippen LogP contribution in [0.5, 0.6) is 11.5 Å². The van der Waals surface area contributed by atoms with Gasteiger partial charge in [-0.05, 0) is 42.5 Å². The van der Waals surface area contributed by atoms with Gasteiger partial charge in [0.2, 0.25) is 0 Å². The predicted octanol–water partition coefficient (Wildman–Crippen LogP) is 3.87. The number of nitriles is 1. The number of rotatable bonds is 4. The maximum atomic E-state index is 9.38. The van der Waals surface area contributed by atoms with Gasteiger partial charge in [-0.25, -0.2) is 0 Å². The van der Waals surface area contributed by atoms with Crippen molar-refractivity contribution in [3.05, 3.63) is 54.2 Å². The Morgan fingerprint density at radius 1 is 1.00 bits per heavy atom. The molecule has 5 nitrogen and oxygen atoms in total. The van der Waals surface area contributed by atoms with E-state index in [1.807, 2.05) is 42.5 Å². The lowest BCUT2D eigenvalue weighted by molar-refractivity contribution is 0.415. The summed E-state index contributed by atoms with van der Waals surface area (Å²) in [6, 6.07) is 15.3. The summed E-state index contributed by atoms with van der Waals surface area (Å²) < 4.78 is 10.4. The standard InChI is InChI=1S/C18H15N3O2/c1-22-14-5-3-13(4-6-14)21-18-12(10-19)11-20-17-8-7-15(23-2)9-16(17)18/h3-9,11H,1-2H3,(H,20,21). The van der Waals surface area contributed by atoms with Gasteiger partial charge in [0.05, 0.1) is 31.0 Å². The van der Waals surface area contributed by atoms with Gasteiger partial charge < -0.3 is 14.8 Å². The van der Waals surface area contributed by atoms with E-state index in [2.05, 4.69) is 16.4 Å². The van der Waals surface area contributed by atoms with Crippen LogP contribution >= 0.6 is 0 Å². The molecule has 114 valence electrons. The quantitative estimate of drug-likeness (QED) is 0.792. The molecule has 0 saturated heterocycles. The smallest absolute Gasteiger partial charge is 0.119 e. The molecule has 0 atom stereocenters. The second kappa shape index (κ2) is 6.24. The van der Waals surface area contributed by atoms with E-state index in [4.69, 9.17) is 9.47 Å². The van der Waals surface area contributed by atoms with Crippen molar-refractivity contribution < 1.29 is 9.47 Å². The van der Waals surface area contributed by atoms with Gasteiger partial charge in [-0.2, -0.15) is 5.26 Å². The number of hydrogen-bond acceptors (Lipinski definition) is 5. The summed E-state index contributed by atoms with van der Waals surface area (Å²) in [4.78, 5) is 4.32. The lowest BCUT2D eigenvalue weighted by atomic mass is 10.1. The summed E-state index contributed by atoms with van der Waals surface area (Å²) in [5, 5.41) is 13.5. The Hall–Kier alpha value is -3.26. The van der Waals surface area contributed by atoms with Crippen molar-refractivity contribution in [2.24, 2.45) is 0 Å². The van der Waals surface area contributed by atoms with Crippen molar-refractivity contribution in [3.63, 3.8) is 0 Å². The van der Waals surface area contributed by atoms with Crippen LogP contribution in [-0.2, 0) is 0 Å². The monoisotopic (exact) mass is 305 g/mol. The van der Waals surface area contributed by atoms with Gasteiger partial charge in [-0.1, -0.05) is 0 Å². The summed E-state index contributed by atoms with van der Waals surface area (Å²) >= 11 is 0. The molecule has 3 aromatic rings. The van der Waals surface area contributed by atoms with Crippen LogP contribution in [0, 0.1) is 11.3 Å². The number of nitrogens with zero attached hydrogens (tertiary/aromatic N) is 2. The fourth-order valence-electron chi connectivity index (χ4n) is 2.34. The van der Waals surface area contributed by atoms with Crippen LogP contribution in [0.25, 0.3) is 10.9 Å². The molecule has 2 aromatic carbocycles. The summed E-state index contributed by atoms with van der Waals surface area (Å²) in [6.07, 6.45) is 1.57. The zero-order valence-electron chi connectivity index (χ0n) is 12.8. The predicted molar refractivity (Wildman–Crippen MR) is 89.3 cm³/mol. The molecule has 0 unspecified atom stereocenters. The first-order valence-electron chi connectivity index (χ1n) is 7.03. The molecule has 1 N–H and O–H groups in total. The van der Waals surface area contributed by atoms with Gasteiger partial charge in [0.25, 0.3) is 0 Å². The normalized spacial score (nSPS) is 10.1. The number of benzene rings is 2. The SMILES string of the molecule is COc1ccc(Nc2c(C#N)cnc3ccc(OC)cc23)cc1. The van der Waals surface area contributed by atoms with Crippen molar-refractivity contribution in [2.75, 3.05) is 19.5 Å². The molecule has 1 aromatic heterocycles. The fraction of sp³-hybridized carbons (Fsp3) is 0.111. The highest BCUT2D eigenvalue weighted by molar-refractivity contribution is 5.96. The Morgan fingerprint density at radius 3 is 2.35 bits per heavy atom. The molecule has 3 rings (SSSR count). The molecule has 0 radical (unpaired) electrons. The molecule has 0 bridgehead atoms. The lowest BCUT2D eigenvalue weighted by Gasteiger charge is -2.12. The van der Waals surface area contributed by atoms with E-state index in [1.54, 1.807) is 20.4 Å². The molecule has 0 spiro atoms. The fourth-order valence-corrected chi connectivity index (χ4v) is 2.34. The number of aromatic nitrogens is 1. The van der Waals surface area contributed by atoms with Crippen LogP contribution in [0.15, 0.2) is 48.7 Å². The minimum absolute atomic E-state index is 0.474. The third-order valence-electron chi connectivity index (χ3n) is 3.55. The summed E-state index contributed by atoms with van der Waals surface area (Å²) in [5.41, 5.74) is 2.83. The number of nitrogens with one attached hydrogen (secondary N) is 1. The third kappa shape index (κ3) is 2.87. The molecular weight excluding hydrogens is 290 g/mol. The summed E-state index contributed by atoms with van der Waals surface area (Å²) in [7, 11) is 3.23. The summed E-state index contributed by atoms with van der Waals surface area (Å²) in [5.74, 6) is 1.49. The van der Waals surface area contributed by atoms with Crippen LogP contribution in [0.4, 0.5) is 11.4 Å².